The molecule has 0 amide bonds. The third-order valence-corrected chi connectivity index (χ3v) is 7.04. The predicted octanol–water partition coefficient (Wildman–Crippen LogP) is 3.74. The molecule has 0 saturated heterocycles. The third-order valence-electron chi connectivity index (χ3n) is 6.23. The van der Waals surface area contributed by atoms with Gasteiger partial charge >= 0.3 is 5.97 Å². The molecule has 2 aliphatic heterocycles. The van der Waals surface area contributed by atoms with Crippen LogP contribution in [0.5, 0.6) is 11.5 Å². The molecule has 2 aromatic carbocycles. The topological polar surface area (TPSA) is 107 Å². The standard InChI is InChI=1S/C24H30N2O6S/c27-24(28)4-3-12-26-14-10-19-6-8-21(17-23(19)26)32-20-7-5-18-9-13-25(22(18)16-20)11-1-2-15-33(29,30)31/h5-8,16-17H,1-4,9-15H2,(H,27,28)(H,29,30,31). The summed E-state index contributed by atoms with van der Waals surface area (Å²) in [7, 11) is -3.91. The van der Waals surface area contributed by atoms with Gasteiger partial charge in [0.1, 0.15) is 11.5 Å². The number of carbonyl (C=O) groups is 1. The maximum absolute atomic E-state index is 10.9. The maximum atomic E-state index is 10.9. The Kier molecular flexibility index (Phi) is 7.09. The first kappa shape index (κ1) is 23.4. The minimum Gasteiger partial charge on any atom is -0.481 e. The molecule has 0 aromatic heterocycles. The molecule has 0 fully saturated rings. The average molecular weight is 475 g/mol. The fraction of sp³-hybridized carbons (Fsp3) is 0.458. The fourth-order valence-electron chi connectivity index (χ4n) is 4.59. The van der Waals surface area contributed by atoms with Crippen LogP contribution in [0.15, 0.2) is 36.4 Å². The molecule has 0 unspecified atom stereocenters. The first-order valence-corrected chi connectivity index (χ1v) is 13.0. The molecule has 178 valence electrons. The van der Waals surface area contributed by atoms with Crippen molar-refractivity contribution in [2.45, 2.75) is 38.5 Å². The molecule has 2 N–H and O–H groups in total. The lowest BCUT2D eigenvalue weighted by molar-refractivity contribution is -0.137. The van der Waals surface area contributed by atoms with E-state index in [9.17, 15) is 13.2 Å². The van der Waals surface area contributed by atoms with Gasteiger partial charge in [0, 0.05) is 56.1 Å². The molecule has 4 rings (SSSR count). The second kappa shape index (κ2) is 10.0. The van der Waals surface area contributed by atoms with E-state index in [1.807, 2.05) is 24.3 Å². The van der Waals surface area contributed by atoms with E-state index in [0.29, 0.717) is 25.8 Å². The quantitative estimate of drug-likeness (QED) is 0.375. The zero-order valence-corrected chi connectivity index (χ0v) is 19.4. The van der Waals surface area contributed by atoms with Gasteiger partial charge in [0.15, 0.2) is 0 Å². The summed E-state index contributed by atoms with van der Waals surface area (Å²) in [6.45, 7) is 3.23. The second-order valence-electron chi connectivity index (χ2n) is 8.65. The lowest BCUT2D eigenvalue weighted by Gasteiger charge is -2.21. The summed E-state index contributed by atoms with van der Waals surface area (Å²) in [5, 5.41) is 8.89. The van der Waals surface area contributed by atoms with E-state index < -0.39 is 16.1 Å². The van der Waals surface area contributed by atoms with Crippen LogP contribution in [0.3, 0.4) is 0 Å². The summed E-state index contributed by atoms with van der Waals surface area (Å²) in [4.78, 5) is 15.3. The number of fused-ring (bicyclic) bond motifs is 2. The number of nitrogens with zero attached hydrogens (tertiary/aromatic N) is 2. The first-order chi connectivity index (χ1) is 15.8. The van der Waals surface area contributed by atoms with Gasteiger partial charge in [0.25, 0.3) is 10.1 Å². The van der Waals surface area contributed by atoms with Crippen LogP contribution in [-0.4, -0.2) is 56.0 Å². The van der Waals surface area contributed by atoms with Gasteiger partial charge in [-0.1, -0.05) is 12.1 Å². The van der Waals surface area contributed by atoms with Crippen molar-refractivity contribution in [3.8, 4) is 11.5 Å². The maximum Gasteiger partial charge on any atom is 0.303 e. The van der Waals surface area contributed by atoms with Crippen molar-refractivity contribution in [3.05, 3.63) is 47.5 Å². The highest BCUT2D eigenvalue weighted by Gasteiger charge is 2.22. The molecular formula is C24H30N2O6S. The summed E-state index contributed by atoms with van der Waals surface area (Å²) in [6.07, 6.45) is 3.80. The molecule has 0 saturated carbocycles. The molecule has 0 aliphatic carbocycles. The summed E-state index contributed by atoms with van der Waals surface area (Å²) < 4.78 is 36.9. The lowest BCUT2D eigenvalue weighted by Crippen LogP contribution is -2.22. The van der Waals surface area contributed by atoms with Gasteiger partial charge in [-0.3, -0.25) is 9.35 Å². The van der Waals surface area contributed by atoms with Crippen molar-refractivity contribution >= 4 is 27.5 Å². The number of hydrogen-bond acceptors (Lipinski definition) is 6. The fourth-order valence-corrected chi connectivity index (χ4v) is 5.16. The van der Waals surface area contributed by atoms with Gasteiger partial charge in [0.2, 0.25) is 0 Å². The minimum atomic E-state index is -3.91. The molecular weight excluding hydrogens is 444 g/mol. The molecule has 33 heavy (non-hydrogen) atoms. The van der Waals surface area contributed by atoms with E-state index >= 15 is 0 Å². The third kappa shape index (κ3) is 6.17. The van der Waals surface area contributed by atoms with Crippen LogP contribution in [0.25, 0.3) is 0 Å². The number of unbranched alkanes of at least 4 members (excludes halogenated alkanes) is 1. The van der Waals surface area contributed by atoms with Crippen molar-refractivity contribution in [3.63, 3.8) is 0 Å². The summed E-state index contributed by atoms with van der Waals surface area (Å²) in [5.74, 6) is 0.517. The predicted molar refractivity (Wildman–Crippen MR) is 127 cm³/mol. The summed E-state index contributed by atoms with van der Waals surface area (Å²) in [5.41, 5.74) is 4.72. The van der Waals surface area contributed by atoms with E-state index in [2.05, 4.69) is 21.9 Å². The first-order valence-electron chi connectivity index (χ1n) is 11.4. The monoisotopic (exact) mass is 474 g/mol. The van der Waals surface area contributed by atoms with E-state index in [1.165, 1.54) is 11.1 Å². The van der Waals surface area contributed by atoms with Gasteiger partial charge in [-0.05, 0) is 55.4 Å². The Hall–Kier alpha value is -2.78. The van der Waals surface area contributed by atoms with Crippen molar-refractivity contribution in [2.75, 3.05) is 41.7 Å². The van der Waals surface area contributed by atoms with Gasteiger partial charge < -0.3 is 19.6 Å². The van der Waals surface area contributed by atoms with Crippen LogP contribution in [-0.2, 0) is 27.8 Å². The Morgan fingerprint density at radius 3 is 1.94 bits per heavy atom. The Bertz CT molecular complexity index is 1120. The zero-order valence-electron chi connectivity index (χ0n) is 18.6. The van der Waals surface area contributed by atoms with Crippen molar-refractivity contribution < 1.29 is 27.6 Å². The summed E-state index contributed by atoms with van der Waals surface area (Å²) in [6, 6.07) is 12.2. The van der Waals surface area contributed by atoms with Gasteiger partial charge in [0.05, 0.1) is 5.75 Å². The van der Waals surface area contributed by atoms with Crippen molar-refractivity contribution in [1.82, 2.24) is 0 Å². The van der Waals surface area contributed by atoms with Crippen LogP contribution >= 0.6 is 0 Å². The number of anilines is 2. The second-order valence-corrected chi connectivity index (χ2v) is 10.2. The highest BCUT2D eigenvalue weighted by Crippen LogP contribution is 2.36. The SMILES string of the molecule is O=C(O)CCCN1CCc2ccc(Oc3ccc4c(c3)N(CCCCS(=O)(=O)O)CC4)cc21. The molecule has 2 heterocycles. The molecule has 0 spiro atoms. The summed E-state index contributed by atoms with van der Waals surface area (Å²) >= 11 is 0. The number of carboxylic acid groups (broad SMARTS) is 1. The number of rotatable bonds is 11. The molecule has 0 bridgehead atoms. The Balaban J connectivity index is 1.40. The van der Waals surface area contributed by atoms with Crippen LogP contribution in [0.1, 0.15) is 36.8 Å². The van der Waals surface area contributed by atoms with Gasteiger partial charge in [-0.2, -0.15) is 8.42 Å². The Morgan fingerprint density at radius 1 is 0.879 bits per heavy atom. The van der Waals surface area contributed by atoms with E-state index in [1.54, 1.807) is 0 Å². The number of ether oxygens (including phenoxy) is 1. The number of hydrogen-bond donors (Lipinski definition) is 2. The van der Waals surface area contributed by atoms with E-state index in [4.69, 9.17) is 14.4 Å². The van der Waals surface area contributed by atoms with Crippen LogP contribution in [0, 0.1) is 0 Å². The Labute approximate surface area is 194 Å². The minimum absolute atomic E-state index is 0.170. The largest absolute Gasteiger partial charge is 0.481 e. The molecule has 2 aromatic rings. The van der Waals surface area contributed by atoms with Crippen LogP contribution < -0.4 is 14.5 Å². The molecule has 0 atom stereocenters. The van der Waals surface area contributed by atoms with Crippen molar-refractivity contribution in [2.24, 2.45) is 0 Å². The molecule has 0 radical (unpaired) electrons. The smallest absolute Gasteiger partial charge is 0.303 e. The van der Waals surface area contributed by atoms with Gasteiger partial charge in [-0.15, -0.1) is 0 Å². The van der Waals surface area contributed by atoms with Crippen molar-refractivity contribution in [1.29, 1.82) is 0 Å². The normalized spacial score (nSPS) is 14.9. The van der Waals surface area contributed by atoms with E-state index in [-0.39, 0.29) is 12.2 Å². The molecule has 2 aliphatic rings. The van der Waals surface area contributed by atoms with Gasteiger partial charge in [-0.25, -0.2) is 0 Å². The van der Waals surface area contributed by atoms with Crippen LogP contribution in [0.2, 0.25) is 0 Å². The Morgan fingerprint density at radius 2 is 1.42 bits per heavy atom. The van der Waals surface area contributed by atoms with E-state index in [0.717, 1.165) is 55.3 Å². The highest BCUT2D eigenvalue weighted by molar-refractivity contribution is 7.85. The number of carboxylic acids is 1. The molecule has 9 heteroatoms. The number of benzene rings is 2. The molecule has 8 nitrogen and oxygen atoms in total. The lowest BCUT2D eigenvalue weighted by atomic mass is 10.1. The zero-order chi connectivity index (χ0) is 23.4. The average Bonchev–Trinajstić information content (AvgIpc) is 3.34. The number of aliphatic carboxylic acids is 1. The van der Waals surface area contributed by atoms with Crippen LogP contribution in [0.4, 0.5) is 11.4 Å². The highest BCUT2D eigenvalue weighted by atomic mass is 32.2.